The first-order valence-corrected chi connectivity index (χ1v) is 7.80. The van der Waals surface area contributed by atoms with E-state index < -0.39 is 11.7 Å². The molecule has 0 saturated heterocycles. The zero-order chi connectivity index (χ0) is 15.0. The molecule has 1 aromatic carbocycles. The monoisotopic (exact) mass is 293 g/mol. The molecule has 0 fully saturated rings. The summed E-state index contributed by atoms with van der Waals surface area (Å²) >= 11 is 1.76. The highest BCUT2D eigenvalue weighted by Crippen LogP contribution is 2.13. The van der Waals surface area contributed by atoms with E-state index >= 15 is 0 Å². The zero-order valence-electron chi connectivity index (χ0n) is 12.4. The highest BCUT2D eigenvalue weighted by molar-refractivity contribution is 7.98. The molecular formula is C16H23NO2S. The molecule has 3 nitrogen and oxygen atoms in total. The van der Waals surface area contributed by atoms with E-state index in [9.17, 15) is 4.79 Å². The summed E-state index contributed by atoms with van der Waals surface area (Å²) < 4.78 is 5.23. The number of hydrogen-bond donors (Lipinski definition) is 1. The van der Waals surface area contributed by atoms with Crippen molar-refractivity contribution >= 4 is 17.9 Å². The molecule has 0 aliphatic rings. The number of carbonyl (C=O) groups excluding carboxylic acids is 1. The second-order valence-corrected chi connectivity index (χ2v) is 6.52. The van der Waals surface area contributed by atoms with E-state index in [1.54, 1.807) is 17.8 Å². The summed E-state index contributed by atoms with van der Waals surface area (Å²) in [6, 6.07) is 10.2. The molecule has 1 N–H and O–H groups in total. The number of thioether (sulfide) groups is 1. The lowest BCUT2D eigenvalue weighted by Crippen LogP contribution is -2.39. The van der Waals surface area contributed by atoms with Crippen LogP contribution in [0, 0.1) is 0 Å². The molecule has 1 rings (SSSR count). The van der Waals surface area contributed by atoms with Gasteiger partial charge in [-0.3, -0.25) is 0 Å². The molecule has 1 amide bonds. The Kier molecular flexibility index (Phi) is 6.65. The Bertz CT molecular complexity index is 426. The van der Waals surface area contributed by atoms with Crippen LogP contribution in [-0.2, 0) is 10.5 Å². The van der Waals surface area contributed by atoms with Gasteiger partial charge in [-0.05, 0) is 26.3 Å². The van der Waals surface area contributed by atoms with Crippen LogP contribution >= 0.6 is 11.8 Å². The van der Waals surface area contributed by atoms with Gasteiger partial charge in [-0.1, -0.05) is 36.4 Å². The van der Waals surface area contributed by atoms with Crippen LogP contribution in [0.25, 0.3) is 0 Å². The molecule has 0 radical (unpaired) electrons. The number of rotatable bonds is 6. The lowest BCUT2D eigenvalue weighted by atomic mass is 10.2. The second-order valence-electron chi connectivity index (χ2n) is 5.49. The van der Waals surface area contributed by atoms with E-state index in [-0.39, 0.29) is 6.04 Å². The summed E-state index contributed by atoms with van der Waals surface area (Å²) in [5, 5.41) is 2.81. The summed E-state index contributed by atoms with van der Waals surface area (Å²) in [6.07, 6.45) is 1.34. The quantitative estimate of drug-likeness (QED) is 0.806. The number of amides is 1. The molecule has 20 heavy (non-hydrogen) atoms. The number of nitrogens with one attached hydrogen (secondary N) is 1. The number of carbonyl (C=O) groups is 1. The lowest BCUT2D eigenvalue weighted by molar-refractivity contribution is 0.0519. The first kappa shape index (κ1) is 16.6. The summed E-state index contributed by atoms with van der Waals surface area (Å²) in [7, 11) is 0. The molecule has 0 spiro atoms. The minimum absolute atomic E-state index is 0.0847. The van der Waals surface area contributed by atoms with Gasteiger partial charge in [0.2, 0.25) is 0 Å². The van der Waals surface area contributed by atoms with Gasteiger partial charge in [0.05, 0.1) is 6.04 Å². The topological polar surface area (TPSA) is 38.3 Å². The van der Waals surface area contributed by atoms with Crippen molar-refractivity contribution in [2.24, 2.45) is 0 Å². The Balaban J connectivity index is 2.33. The van der Waals surface area contributed by atoms with E-state index in [4.69, 9.17) is 4.74 Å². The molecule has 0 saturated carbocycles. The fourth-order valence-electron chi connectivity index (χ4n) is 1.51. The van der Waals surface area contributed by atoms with E-state index in [1.165, 1.54) is 5.56 Å². The average Bonchev–Trinajstić information content (AvgIpc) is 2.36. The van der Waals surface area contributed by atoms with Crippen LogP contribution in [0.5, 0.6) is 0 Å². The molecule has 1 atom stereocenters. The number of benzene rings is 1. The summed E-state index contributed by atoms with van der Waals surface area (Å²) in [5.74, 6) is 1.69. The number of hydrogen-bond acceptors (Lipinski definition) is 3. The molecule has 0 aliphatic carbocycles. The SMILES string of the molecule is C=C[C@H](CSCc1ccccc1)NC(=O)OC(C)(C)C. The maximum Gasteiger partial charge on any atom is 0.408 e. The van der Waals surface area contributed by atoms with Gasteiger partial charge in [0.25, 0.3) is 0 Å². The number of alkyl carbamates (subject to hydrolysis) is 1. The smallest absolute Gasteiger partial charge is 0.408 e. The fraction of sp³-hybridized carbons (Fsp3) is 0.438. The third-order valence-electron chi connectivity index (χ3n) is 2.40. The van der Waals surface area contributed by atoms with E-state index in [1.807, 2.05) is 39.0 Å². The van der Waals surface area contributed by atoms with Crippen molar-refractivity contribution in [2.75, 3.05) is 5.75 Å². The largest absolute Gasteiger partial charge is 0.444 e. The Morgan fingerprint density at radius 2 is 2.05 bits per heavy atom. The van der Waals surface area contributed by atoms with Crippen molar-refractivity contribution in [3.05, 3.63) is 48.6 Å². The Morgan fingerprint density at radius 1 is 1.40 bits per heavy atom. The summed E-state index contributed by atoms with van der Waals surface area (Å²) in [6.45, 7) is 9.29. The van der Waals surface area contributed by atoms with E-state index in [0.717, 1.165) is 11.5 Å². The maximum absolute atomic E-state index is 11.7. The first-order valence-electron chi connectivity index (χ1n) is 6.64. The van der Waals surface area contributed by atoms with Gasteiger partial charge in [0.1, 0.15) is 5.60 Å². The third kappa shape index (κ3) is 7.24. The van der Waals surface area contributed by atoms with Crippen molar-refractivity contribution in [1.29, 1.82) is 0 Å². The molecule has 1 aromatic rings. The molecular weight excluding hydrogens is 270 g/mol. The van der Waals surface area contributed by atoms with Crippen molar-refractivity contribution in [2.45, 2.75) is 38.2 Å². The third-order valence-corrected chi connectivity index (χ3v) is 3.53. The van der Waals surface area contributed by atoms with Crippen LogP contribution in [0.15, 0.2) is 43.0 Å². The van der Waals surface area contributed by atoms with Crippen LogP contribution in [0.3, 0.4) is 0 Å². The normalized spacial score (nSPS) is 12.6. The zero-order valence-corrected chi connectivity index (χ0v) is 13.2. The Hall–Kier alpha value is -1.42. The minimum Gasteiger partial charge on any atom is -0.444 e. The van der Waals surface area contributed by atoms with Crippen LogP contribution in [0.2, 0.25) is 0 Å². The van der Waals surface area contributed by atoms with Crippen LogP contribution in [0.4, 0.5) is 4.79 Å². The summed E-state index contributed by atoms with van der Waals surface area (Å²) in [4.78, 5) is 11.7. The van der Waals surface area contributed by atoms with Gasteiger partial charge >= 0.3 is 6.09 Å². The van der Waals surface area contributed by atoms with Crippen molar-refractivity contribution < 1.29 is 9.53 Å². The van der Waals surface area contributed by atoms with Crippen molar-refractivity contribution in [1.82, 2.24) is 5.32 Å². The predicted octanol–water partition coefficient (Wildman–Crippen LogP) is 4.00. The van der Waals surface area contributed by atoms with Gasteiger partial charge < -0.3 is 10.1 Å². The fourth-order valence-corrected chi connectivity index (χ4v) is 2.52. The van der Waals surface area contributed by atoms with Crippen LogP contribution in [-0.4, -0.2) is 23.5 Å². The second kappa shape index (κ2) is 8.00. The maximum atomic E-state index is 11.7. The molecule has 0 bridgehead atoms. The summed E-state index contributed by atoms with van der Waals surface area (Å²) in [5.41, 5.74) is 0.796. The first-order chi connectivity index (χ1) is 9.40. The predicted molar refractivity (Wildman–Crippen MR) is 86.0 cm³/mol. The Labute approximate surface area is 125 Å². The number of ether oxygens (including phenoxy) is 1. The van der Waals surface area contributed by atoms with Crippen LogP contribution in [0.1, 0.15) is 26.3 Å². The van der Waals surface area contributed by atoms with Gasteiger partial charge in [0.15, 0.2) is 0 Å². The highest BCUT2D eigenvalue weighted by Gasteiger charge is 2.18. The van der Waals surface area contributed by atoms with Gasteiger partial charge in [0, 0.05) is 11.5 Å². The molecule has 110 valence electrons. The molecule has 4 heteroatoms. The molecule has 0 aromatic heterocycles. The van der Waals surface area contributed by atoms with E-state index in [0.29, 0.717) is 0 Å². The van der Waals surface area contributed by atoms with Gasteiger partial charge in [-0.25, -0.2) is 4.79 Å². The average molecular weight is 293 g/mol. The van der Waals surface area contributed by atoms with E-state index in [2.05, 4.69) is 24.0 Å². The van der Waals surface area contributed by atoms with Gasteiger partial charge in [-0.2, -0.15) is 11.8 Å². The van der Waals surface area contributed by atoms with Crippen molar-refractivity contribution in [3.8, 4) is 0 Å². The molecule has 0 heterocycles. The Morgan fingerprint density at radius 3 is 2.60 bits per heavy atom. The lowest BCUT2D eigenvalue weighted by Gasteiger charge is -2.22. The molecule has 0 aliphatic heterocycles. The highest BCUT2D eigenvalue weighted by atomic mass is 32.2. The molecule has 0 unspecified atom stereocenters. The van der Waals surface area contributed by atoms with Crippen LogP contribution < -0.4 is 5.32 Å². The van der Waals surface area contributed by atoms with Crippen molar-refractivity contribution in [3.63, 3.8) is 0 Å². The minimum atomic E-state index is -0.479. The van der Waals surface area contributed by atoms with Gasteiger partial charge in [-0.15, -0.1) is 6.58 Å². The standard InChI is InChI=1S/C16H23NO2S/c1-5-14(17-15(18)19-16(2,3)4)12-20-11-13-9-7-6-8-10-13/h5-10,14H,1,11-12H2,2-4H3,(H,17,18)/t14-/m1/s1.